The molecule has 1 unspecified atom stereocenters. The number of ether oxygens (including phenoxy) is 1. The molecule has 0 radical (unpaired) electrons. The van der Waals surface area contributed by atoms with Gasteiger partial charge in [-0.2, -0.15) is 0 Å². The van der Waals surface area contributed by atoms with E-state index in [2.05, 4.69) is 19.2 Å². The predicted octanol–water partition coefficient (Wildman–Crippen LogP) is 3.55. The number of nitrogens with one attached hydrogen (secondary N) is 1. The van der Waals surface area contributed by atoms with Crippen LogP contribution in [0.5, 0.6) is 5.75 Å². The van der Waals surface area contributed by atoms with Crippen LogP contribution in [0.4, 0.5) is 4.39 Å². The van der Waals surface area contributed by atoms with Crippen molar-refractivity contribution in [2.24, 2.45) is 0 Å². The third-order valence-electron chi connectivity index (χ3n) is 3.02. The van der Waals surface area contributed by atoms with Gasteiger partial charge >= 0.3 is 0 Å². The van der Waals surface area contributed by atoms with Crippen LogP contribution >= 0.6 is 0 Å². The van der Waals surface area contributed by atoms with Gasteiger partial charge in [-0.3, -0.25) is 0 Å². The molecule has 18 heavy (non-hydrogen) atoms. The van der Waals surface area contributed by atoms with Gasteiger partial charge in [-0.05, 0) is 43.5 Å². The Bertz CT molecular complexity index is 354. The molecular formula is C15H24FNO. The van der Waals surface area contributed by atoms with Crippen molar-refractivity contribution in [3.63, 3.8) is 0 Å². The fourth-order valence-corrected chi connectivity index (χ4v) is 2.09. The van der Waals surface area contributed by atoms with Crippen molar-refractivity contribution in [2.45, 2.75) is 45.6 Å². The van der Waals surface area contributed by atoms with E-state index >= 15 is 0 Å². The Balaban J connectivity index is 2.64. The number of benzene rings is 1. The quantitative estimate of drug-likeness (QED) is 0.765. The van der Waals surface area contributed by atoms with Gasteiger partial charge in [0.15, 0.2) is 11.6 Å². The first kappa shape index (κ1) is 15.0. The molecule has 102 valence electrons. The van der Waals surface area contributed by atoms with Crippen LogP contribution in [0.15, 0.2) is 18.2 Å². The predicted molar refractivity (Wildman–Crippen MR) is 73.6 cm³/mol. The molecule has 0 aromatic heterocycles. The number of methoxy groups -OCH3 is 1. The molecule has 0 saturated heterocycles. The fourth-order valence-electron chi connectivity index (χ4n) is 2.09. The maximum Gasteiger partial charge on any atom is 0.165 e. The van der Waals surface area contributed by atoms with E-state index in [1.807, 2.05) is 6.07 Å². The van der Waals surface area contributed by atoms with Crippen LogP contribution in [0.2, 0.25) is 0 Å². The molecule has 0 aliphatic carbocycles. The molecule has 0 spiro atoms. The molecule has 1 atom stereocenters. The molecule has 1 rings (SSSR count). The summed E-state index contributed by atoms with van der Waals surface area (Å²) in [6.45, 7) is 5.35. The van der Waals surface area contributed by atoms with Crippen molar-refractivity contribution in [1.82, 2.24) is 5.32 Å². The lowest BCUT2D eigenvalue weighted by molar-refractivity contribution is 0.385. The standard InChI is InChI=1S/C15H24FNO/c1-4-6-13(17-9-5-2)10-12-7-8-15(18-3)14(16)11-12/h7-8,11,13,17H,4-6,9-10H2,1-3H3. The highest BCUT2D eigenvalue weighted by atomic mass is 19.1. The van der Waals surface area contributed by atoms with Crippen molar-refractivity contribution in [2.75, 3.05) is 13.7 Å². The second kappa shape index (κ2) is 8.09. The smallest absolute Gasteiger partial charge is 0.165 e. The Labute approximate surface area is 110 Å². The van der Waals surface area contributed by atoms with Crippen LogP contribution < -0.4 is 10.1 Å². The van der Waals surface area contributed by atoms with Crippen molar-refractivity contribution in [3.05, 3.63) is 29.6 Å². The normalized spacial score (nSPS) is 12.4. The van der Waals surface area contributed by atoms with Gasteiger partial charge in [0.2, 0.25) is 0 Å². The summed E-state index contributed by atoms with van der Waals surface area (Å²) in [5.74, 6) is 0.0352. The highest BCUT2D eigenvalue weighted by Gasteiger charge is 2.10. The molecule has 0 aliphatic rings. The Hall–Kier alpha value is -1.09. The third kappa shape index (κ3) is 4.65. The van der Waals surface area contributed by atoms with E-state index in [1.165, 1.54) is 7.11 Å². The minimum absolute atomic E-state index is 0.277. The molecule has 0 fully saturated rings. The number of hydrogen-bond donors (Lipinski definition) is 1. The van der Waals surface area contributed by atoms with Crippen LogP contribution in [0.3, 0.4) is 0 Å². The first-order valence-corrected chi connectivity index (χ1v) is 6.77. The maximum atomic E-state index is 13.6. The van der Waals surface area contributed by atoms with Crippen molar-refractivity contribution in [3.8, 4) is 5.75 Å². The van der Waals surface area contributed by atoms with Gasteiger partial charge in [-0.25, -0.2) is 4.39 Å². The molecule has 0 heterocycles. The second-order valence-electron chi connectivity index (χ2n) is 4.61. The lowest BCUT2D eigenvalue weighted by atomic mass is 10.0. The van der Waals surface area contributed by atoms with Gasteiger partial charge in [0.25, 0.3) is 0 Å². The average molecular weight is 253 g/mol. The number of halogens is 1. The second-order valence-corrected chi connectivity index (χ2v) is 4.61. The first-order valence-electron chi connectivity index (χ1n) is 6.77. The van der Waals surface area contributed by atoms with Crippen LogP contribution in [-0.4, -0.2) is 19.7 Å². The largest absolute Gasteiger partial charge is 0.494 e. The molecule has 0 bridgehead atoms. The van der Waals surface area contributed by atoms with Crippen molar-refractivity contribution >= 4 is 0 Å². The first-order chi connectivity index (χ1) is 8.71. The van der Waals surface area contributed by atoms with E-state index in [-0.39, 0.29) is 5.82 Å². The van der Waals surface area contributed by atoms with E-state index < -0.39 is 0 Å². The van der Waals surface area contributed by atoms with Crippen LogP contribution in [0.25, 0.3) is 0 Å². The Morgan fingerprint density at radius 3 is 2.61 bits per heavy atom. The van der Waals surface area contributed by atoms with Crippen molar-refractivity contribution < 1.29 is 9.13 Å². The summed E-state index contributed by atoms with van der Waals surface area (Å²) < 4.78 is 18.5. The molecule has 1 aromatic rings. The Morgan fingerprint density at radius 2 is 2.06 bits per heavy atom. The summed E-state index contributed by atoms with van der Waals surface area (Å²) in [7, 11) is 1.49. The van der Waals surface area contributed by atoms with Gasteiger partial charge in [0.1, 0.15) is 0 Å². The minimum atomic E-state index is -0.277. The van der Waals surface area contributed by atoms with E-state index in [0.717, 1.165) is 37.8 Å². The zero-order valence-corrected chi connectivity index (χ0v) is 11.6. The lowest BCUT2D eigenvalue weighted by Crippen LogP contribution is -2.31. The zero-order chi connectivity index (χ0) is 13.4. The summed E-state index contributed by atoms with van der Waals surface area (Å²) in [6, 6.07) is 5.66. The van der Waals surface area contributed by atoms with E-state index in [9.17, 15) is 4.39 Å². The molecule has 0 amide bonds. The summed E-state index contributed by atoms with van der Waals surface area (Å²) in [6.07, 6.45) is 4.25. The van der Waals surface area contributed by atoms with Crippen LogP contribution in [0.1, 0.15) is 38.7 Å². The summed E-state index contributed by atoms with van der Waals surface area (Å²) in [5.41, 5.74) is 1.02. The van der Waals surface area contributed by atoms with E-state index in [4.69, 9.17) is 4.74 Å². The summed E-state index contributed by atoms with van der Waals surface area (Å²) >= 11 is 0. The van der Waals surface area contributed by atoms with Crippen LogP contribution in [-0.2, 0) is 6.42 Å². The SMILES string of the molecule is CCCNC(CCC)Cc1ccc(OC)c(F)c1. The van der Waals surface area contributed by atoms with E-state index in [0.29, 0.717) is 11.8 Å². The minimum Gasteiger partial charge on any atom is -0.494 e. The van der Waals surface area contributed by atoms with Gasteiger partial charge in [-0.15, -0.1) is 0 Å². The molecule has 2 nitrogen and oxygen atoms in total. The van der Waals surface area contributed by atoms with Crippen molar-refractivity contribution in [1.29, 1.82) is 0 Å². The van der Waals surface area contributed by atoms with Gasteiger partial charge < -0.3 is 10.1 Å². The maximum absolute atomic E-state index is 13.6. The summed E-state index contributed by atoms with van der Waals surface area (Å²) in [4.78, 5) is 0. The Morgan fingerprint density at radius 1 is 1.28 bits per heavy atom. The molecular weight excluding hydrogens is 229 g/mol. The van der Waals surface area contributed by atoms with Gasteiger partial charge in [-0.1, -0.05) is 26.3 Å². The molecule has 1 aromatic carbocycles. The van der Waals surface area contributed by atoms with Gasteiger partial charge in [0, 0.05) is 6.04 Å². The third-order valence-corrected chi connectivity index (χ3v) is 3.02. The number of hydrogen-bond acceptors (Lipinski definition) is 2. The highest BCUT2D eigenvalue weighted by Crippen LogP contribution is 2.19. The molecule has 1 N–H and O–H groups in total. The fraction of sp³-hybridized carbons (Fsp3) is 0.600. The van der Waals surface area contributed by atoms with E-state index in [1.54, 1.807) is 12.1 Å². The summed E-state index contributed by atoms with van der Waals surface area (Å²) in [5, 5.41) is 3.51. The van der Waals surface area contributed by atoms with Crippen LogP contribution in [0, 0.1) is 5.82 Å². The Kier molecular flexibility index (Phi) is 6.73. The number of rotatable bonds is 8. The zero-order valence-electron chi connectivity index (χ0n) is 11.6. The highest BCUT2D eigenvalue weighted by molar-refractivity contribution is 5.29. The topological polar surface area (TPSA) is 21.3 Å². The monoisotopic (exact) mass is 253 g/mol. The average Bonchev–Trinajstić information content (AvgIpc) is 2.36. The van der Waals surface area contributed by atoms with Gasteiger partial charge in [0.05, 0.1) is 7.11 Å². The molecule has 3 heteroatoms. The molecule has 0 saturated carbocycles. The molecule has 0 aliphatic heterocycles. The lowest BCUT2D eigenvalue weighted by Gasteiger charge is -2.18.